The molecule has 0 saturated carbocycles. The molecular weight excluding hydrogens is 116 g/mol. The van der Waals surface area contributed by atoms with Gasteiger partial charge in [-0.15, -0.1) is 0 Å². The number of nitrogens with two attached hydrogens (primary N) is 1. The Morgan fingerprint density at radius 3 is 2.78 bits per heavy atom. The van der Waals surface area contributed by atoms with Crippen molar-refractivity contribution >= 4 is 0 Å². The van der Waals surface area contributed by atoms with Gasteiger partial charge in [0.1, 0.15) is 0 Å². The zero-order valence-corrected chi connectivity index (χ0v) is 5.09. The predicted molar refractivity (Wildman–Crippen MR) is 35.6 cm³/mol. The van der Waals surface area contributed by atoms with E-state index in [9.17, 15) is 0 Å². The van der Waals surface area contributed by atoms with Crippen molar-refractivity contribution in [2.45, 2.75) is 6.42 Å². The second kappa shape index (κ2) is 2.44. The Bertz CT molecular complexity index is 142. The lowest BCUT2D eigenvalue weighted by atomic mass is 10.2. The second-order valence-electron chi connectivity index (χ2n) is 2.01. The van der Waals surface area contributed by atoms with Gasteiger partial charge in [0.25, 0.3) is 0 Å². The summed E-state index contributed by atoms with van der Waals surface area (Å²) < 4.78 is 0. The number of allylic oxidation sites excluding steroid dienone is 1. The summed E-state index contributed by atoms with van der Waals surface area (Å²) in [6.45, 7) is 0.722. The van der Waals surface area contributed by atoms with Crippen molar-refractivity contribution < 1.29 is 5.11 Å². The first-order chi connectivity index (χ1) is 4.36. The van der Waals surface area contributed by atoms with E-state index in [0.29, 0.717) is 0 Å². The molecule has 0 amide bonds. The first-order valence-electron chi connectivity index (χ1n) is 2.83. The van der Waals surface area contributed by atoms with Crippen LogP contribution in [-0.2, 0) is 0 Å². The monoisotopic (exact) mass is 126 g/mol. The lowest BCUT2D eigenvalue weighted by Crippen LogP contribution is -2.05. The van der Waals surface area contributed by atoms with E-state index in [0.717, 1.165) is 30.5 Å². The van der Waals surface area contributed by atoms with Gasteiger partial charge in [-0.05, 0) is 5.57 Å². The normalized spacial score (nSPS) is 27.1. The lowest BCUT2D eigenvalue weighted by Gasteiger charge is -1.90. The molecule has 1 rings (SSSR count). The van der Waals surface area contributed by atoms with Gasteiger partial charge in [-0.25, -0.2) is 0 Å². The maximum atomic E-state index is 8.51. The summed E-state index contributed by atoms with van der Waals surface area (Å²) in [4.78, 5) is 0. The molecule has 0 spiro atoms. The van der Waals surface area contributed by atoms with E-state index in [1.54, 1.807) is 0 Å². The van der Waals surface area contributed by atoms with Gasteiger partial charge in [0.15, 0.2) is 0 Å². The first kappa shape index (κ1) is 6.01. The molecule has 1 aliphatic heterocycles. The van der Waals surface area contributed by atoms with Gasteiger partial charge in [0.2, 0.25) is 0 Å². The summed E-state index contributed by atoms with van der Waals surface area (Å²) in [7, 11) is 0. The number of nitrogens with one attached hydrogen (secondary N) is 1. The highest BCUT2D eigenvalue weighted by Gasteiger charge is 2.09. The third-order valence-electron chi connectivity index (χ3n) is 1.34. The van der Waals surface area contributed by atoms with Gasteiger partial charge in [-0.2, -0.15) is 0 Å². The van der Waals surface area contributed by atoms with Crippen molar-refractivity contribution in [1.29, 1.82) is 0 Å². The highest BCUT2D eigenvalue weighted by Crippen LogP contribution is 2.13. The van der Waals surface area contributed by atoms with Crippen molar-refractivity contribution in [3.63, 3.8) is 0 Å². The molecule has 1 heterocycles. The van der Waals surface area contributed by atoms with E-state index in [4.69, 9.17) is 10.8 Å². The Morgan fingerprint density at radius 1 is 1.67 bits per heavy atom. The van der Waals surface area contributed by atoms with E-state index < -0.39 is 0 Å². The standard InChI is InChI=1S/C6H10N2O/c7-2-6-1-5(4-9)3-8-6/h2,4,8-9H,1,3,7H2/b5-4+,6-2-. The van der Waals surface area contributed by atoms with E-state index in [2.05, 4.69) is 5.32 Å². The predicted octanol–water partition coefficient (Wildman–Crippen LogP) is 0.222. The van der Waals surface area contributed by atoms with E-state index >= 15 is 0 Å². The molecule has 0 bridgehead atoms. The molecule has 0 aromatic rings. The highest BCUT2D eigenvalue weighted by atomic mass is 16.2. The van der Waals surface area contributed by atoms with Gasteiger partial charge in [0.05, 0.1) is 6.26 Å². The molecule has 1 saturated heterocycles. The fraction of sp³-hybridized carbons (Fsp3) is 0.333. The van der Waals surface area contributed by atoms with Crippen LogP contribution in [0.2, 0.25) is 0 Å². The van der Waals surface area contributed by atoms with Crippen LogP contribution in [0.25, 0.3) is 0 Å². The summed E-state index contributed by atoms with van der Waals surface area (Å²) in [5.41, 5.74) is 7.18. The molecule has 1 aliphatic rings. The fourth-order valence-corrected chi connectivity index (χ4v) is 0.806. The SMILES string of the molecule is N/C=C1/C/C(=C\O)CN1. The van der Waals surface area contributed by atoms with Crippen LogP contribution in [0, 0.1) is 0 Å². The smallest absolute Gasteiger partial charge is 0.0805 e. The van der Waals surface area contributed by atoms with Gasteiger partial charge in [-0.1, -0.05) is 0 Å². The van der Waals surface area contributed by atoms with Gasteiger partial charge >= 0.3 is 0 Å². The molecule has 3 nitrogen and oxygen atoms in total. The minimum Gasteiger partial charge on any atom is -0.516 e. The van der Waals surface area contributed by atoms with Crippen molar-refractivity contribution in [3.8, 4) is 0 Å². The Kier molecular flexibility index (Phi) is 1.63. The first-order valence-corrected chi connectivity index (χ1v) is 2.83. The Balaban J connectivity index is 2.57. The zero-order chi connectivity index (χ0) is 6.69. The maximum absolute atomic E-state index is 8.51. The molecule has 0 radical (unpaired) electrons. The van der Waals surface area contributed by atoms with Crippen LogP contribution in [0.15, 0.2) is 23.7 Å². The number of hydrogen-bond donors (Lipinski definition) is 3. The summed E-state index contributed by atoms with van der Waals surface area (Å²) >= 11 is 0. The van der Waals surface area contributed by atoms with Crippen LogP contribution in [0.5, 0.6) is 0 Å². The van der Waals surface area contributed by atoms with Crippen LogP contribution in [-0.4, -0.2) is 11.7 Å². The number of hydrogen-bond acceptors (Lipinski definition) is 3. The molecule has 9 heavy (non-hydrogen) atoms. The molecule has 0 atom stereocenters. The van der Waals surface area contributed by atoms with Crippen molar-refractivity contribution in [3.05, 3.63) is 23.7 Å². The van der Waals surface area contributed by atoms with E-state index in [1.165, 1.54) is 6.20 Å². The number of aliphatic hydroxyl groups is 1. The molecule has 0 aromatic heterocycles. The quantitative estimate of drug-likeness (QED) is 0.407. The third kappa shape index (κ3) is 1.16. The Labute approximate surface area is 53.9 Å². The lowest BCUT2D eigenvalue weighted by molar-refractivity contribution is 0.466. The summed E-state index contributed by atoms with van der Waals surface area (Å²) in [5, 5.41) is 11.5. The van der Waals surface area contributed by atoms with Gasteiger partial charge < -0.3 is 16.2 Å². The average molecular weight is 126 g/mol. The minimum atomic E-state index is 0.722. The fourth-order valence-electron chi connectivity index (χ4n) is 0.806. The zero-order valence-electron chi connectivity index (χ0n) is 5.09. The molecule has 50 valence electrons. The molecule has 0 unspecified atom stereocenters. The highest BCUT2D eigenvalue weighted by molar-refractivity contribution is 5.20. The summed E-state index contributed by atoms with van der Waals surface area (Å²) in [6.07, 6.45) is 3.41. The van der Waals surface area contributed by atoms with Crippen molar-refractivity contribution in [2.24, 2.45) is 5.73 Å². The molecule has 0 aliphatic carbocycles. The Hall–Kier alpha value is -1.12. The van der Waals surface area contributed by atoms with Crippen molar-refractivity contribution in [1.82, 2.24) is 5.32 Å². The third-order valence-corrected chi connectivity index (χ3v) is 1.34. The average Bonchev–Trinajstić information content (AvgIpc) is 2.34. The van der Waals surface area contributed by atoms with E-state index in [-0.39, 0.29) is 0 Å². The topological polar surface area (TPSA) is 58.3 Å². The molecular formula is C6H10N2O. The molecule has 3 heteroatoms. The molecule has 4 N–H and O–H groups in total. The van der Waals surface area contributed by atoms with Crippen molar-refractivity contribution in [2.75, 3.05) is 6.54 Å². The van der Waals surface area contributed by atoms with E-state index in [1.807, 2.05) is 0 Å². The van der Waals surface area contributed by atoms with Crippen LogP contribution in [0.3, 0.4) is 0 Å². The van der Waals surface area contributed by atoms with Crippen LogP contribution < -0.4 is 11.1 Å². The number of aliphatic hydroxyl groups excluding tert-OH is 1. The largest absolute Gasteiger partial charge is 0.516 e. The van der Waals surface area contributed by atoms with Gasteiger partial charge in [-0.3, -0.25) is 0 Å². The molecule has 1 fully saturated rings. The van der Waals surface area contributed by atoms with Crippen LogP contribution >= 0.6 is 0 Å². The van der Waals surface area contributed by atoms with Gasteiger partial charge in [0, 0.05) is 24.9 Å². The van der Waals surface area contributed by atoms with Crippen LogP contribution in [0.4, 0.5) is 0 Å². The van der Waals surface area contributed by atoms with Crippen LogP contribution in [0.1, 0.15) is 6.42 Å². The second-order valence-corrected chi connectivity index (χ2v) is 2.01. The Morgan fingerprint density at radius 2 is 2.44 bits per heavy atom. The summed E-state index contributed by atoms with van der Waals surface area (Å²) in [5.74, 6) is 0. The molecule has 0 aromatic carbocycles. The number of rotatable bonds is 0. The summed E-state index contributed by atoms with van der Waals surface area (Å²) in [6, 6.07) is 0. The maximum Gasteiger partial charge on any atom is 0.0805 e. The minimum absolute atomic E-state index is 0.722.